The lowest BCUT2D eigenvalue weighted by Crippen LogP contribution is -2.30. The zero-order chi connectivity index (χ0) is 17.7. The smallest absolute Gasteiger partial charge is 0.150 e. The van der Waals surface area contributed by atoms with E-state index in [1.165, 1.54) is 11.1 Å². The maximum atomic E-state index is 11.4. The minimum Gasteiger partial charge on any atom is -0.298 e. The van der Waals surface area contributed by atoms with Gasteiger partial charge in [0, 0.05) is 17.6 Å². The zero-order valence-electron chi connectivity index (χ0n) is 15.1. The number of carbonyl (C=O) groups excluding carboxylic acids is 2. The van der Waals surface area contributed by atoms with Gasteiger partial charge in [0.15, 0.2) is 0 Å². The van der Waals surface area contributed by atoms with Gasteiger partial charge in [0.25, 0.3) is 0 Å². The van der Waals surface area contributed by atoms with Crippen molar-refractivity contribution in [2.45, 2.75) is 51.9 Å². The van der Waals surface area contributed by atoms with Gasteiger partial charge in [0.05, 0.1) is 0 Å². The van der Waals surface area contributed by atoms with E-state index in [4.69, 9.17) is 0 Å². The second-order valence-corrected chi connectivity index (χ2v) is 8.09. The minimum atomic E-state index is 0.0679. The molecule has 1 atom stereocenters. The topological polar surface area (TPSA) is 34.1 Å². The van der Waals surface area contributed by atoms with Crippen molar-refractivity contribution in [3.63, 3.8) is 0 Å². The number of fused-ring (bicyclic) bond motifs is 1. The van der Waals surface area contributed by atoms with E-state index in [0.29, 0.717) is 23.5 Å². The Morgan fingerprint density at radius 2 is 1.79 bits per heavy atom. The van der Waals surface area contributed by atoms with Crippen molar-refractivity contribution in [2.24, 2.45) is 5.92 Å². The van der Waals surface area contributed by atoms with Gasteiger partial charge in [-0.3, -0.25) is 4.79 Å². The molecule has 0 heterocycles. The van der Waals surface area contributed by atoms with Gasteiger partial charge in [0.2, 0.25) is 0 Å². The number of benzene rings is 1. The van der Waals surface area contributed by atoms with Crippen molar-refractivity contribution in [2.75, 3.05) is 0 Å². The summed E-state index contributed by atoms with van der Waals surface area (Å²) in [7, 11) is 0. The van der Waals surface area contributed by atoms with Crippen LogP contribution in [0.1, 0.15) is 57.7 Å². The SMILES string of the molecule is CC1C(C)(C)c2ccc(C3=CC(=C=O)CC=C3C=O)cc2C1(C)C. The number of allylic oxidation sites excluding steroid dienone is 5. The third kappa shape index (κ3) is 2.25. The predicted molar refractivity (Wildman–Crippen MR) is 97.6 cm³/mol. The molecule has 0 spiro atoms. The average Bonchev–Trinajstić information content (AvgIpc) is 2.72. The highest BCUT2D eigenvalue weighted by Gasteiger charge is 2.48. The summed E-state index contributed by atoms with van der Waals surface area (Å²) in [5, 5.41) is 0. The summed E-state index contributed by atoms with van der Waals surface area (Å²) in [6.45, 7) is 11.5. The van der Waals surface area contributed by atoms with Crippen molar-refractivity contribution in [1.82, 2.24) is 0 Å². The Bertz CT molecular complexity index is 828. The summed E-state index contributed by atoms with van der Waals surface area (Å²) < 4.78 is 0. The van der Waals surface area contributed by atoms with Crippen LogP contribution in [0.15, 0.2) is 41.5 Å². The first-order valence-electron chi connectivity index (χ1n) is 8.50. The normalized spacial score (nSPS) is 23.9. The lowest BCUT2D eigenvalue weighted by atomic mass is 9.71. The maximum absolute atomic E-state index is 11.4. The molecule has 24 heavy (non-hydrogen) atoms. The molecule has 124 valence electrons. The Hall–Kier alpha value is -2.18. The first-order valence-corrected chi connectivity index (χ1v) is 8.50. The Balaban J connectivity index is 2.19. The highest BCUT2D eigenvalue weighted by Crippen LogP contribution is 2.54. The van der Waals surface area contributed by atoms with Crippen LogP contribution in [0.4, 0.5) is 0 Å². The molecule has 0 bridgehead atoms. The fourth-order valence-corrected chi connectivity index (χ4v) is 4.25. The molecule has 2 nitrogen and oxygen atoms in total. The van der Waals surface area contributed by atoms with Crippen LogP contribution in [-0.4, -0.2) is 12.2 Å². The second-order valence-electron chi connectivity index (χ2n) is 8.09. The van der Waals surface area contributed by atoms with Crippen molar-refractivity contribution in [3.8, 4) is 0 Å². The molecule has 0 aliphatic heterocycles. The monoisotopic (exact) mass is 320 g/mol. The molecular formula is C22H24O2. The first kappa shape index (κ1) is 16.7. The molecule has 3 rings (SSSR count). The molecular weight excluding hydrogens is 296 g/mol. The molecule has 2 aliphatic rings. The Kier molecular flexibility index (Phi) is 3.77. The first-order chi connectivity index (χ1) is 11.2. The van der Waals surface area contributed by atoms with Crippen LogP contribution in [-0.2, 0) is 20.4 Å². The van der Waals surface area contributed by atoms with Crippen LogP contribution in [0.5, 0.6) is 0 Å². The van der Waals surface area contributed by atoms with Gasteiger partial charge in [-0.1, -0.05) is 58.9 Å². The fraction of sp³-hybridized carbons (Fsp3) is 0.409. The van der Waals surface area contributed by atoms with Crippen LogP contribution in [0.3, 0.4) is 0 Å². The summed E-state index contributed by atoms with van der Waals surface area (Å²) in [6, 6.07) is 6.47. The molecule has 0 aromatic heterocycles. The lowest BCUT2D eigenvalue weighted by molar-refractivity contribution is -0.104. The van der Waals surface area contributed by atoms with E-state index in [9.17, 15) is 9.59 Å². The van der Waals surface area contributed by atoms with Crippen LogP contribution >= 0.6 is 0 Å². The van der Waals surface area contributed by atoms with E-state index in [2.05, 4.69) is 52.8 Å². The number of hydrogen-bond acceptors (Lipinski definition) is 2. The second kappa shape index (κ2) is 5.43. The molecule has 0 radical (unpaired) electrons. The van der Waals surface area contributed by atoms with E-state index < -0.39 is 0 Å². The summed E-state index contributed by atoms with van der Waals surface area (Å²) in [5.74, 6) is 2.48. The lowest BCUT2D eigenvalue weighted by Gasteiger charge is -2.32. The van der Waals surface area contributed by atoms with Crippen molar-refractivity contribution >= 4 is 17.8 Å². The molecule has 0 N–H and O–H groups in total. The third-order valence-electron chi connectivity index (χ3n) is 6.31. The van der Waals surface area contributed by atoms with Gasteiger partial charge in [-0.25, -0.2) is 4.79 Å². The van der Waals surface area contributed by atoms with Gasteiger partial charge in [-0.05, 0) is 45.1 Å². The summed E-state index contributed by atoms with van der Waals surface area (Å²) in [6.07, 6.45) is 4.96. The molecule has 1 aromatic rings. The van der Waals surface area contributed by atoms with Crippen molar-refractivity contribution in [1.29, 1.82) is 0 Å². The van der Waals surface area contributed by atoms with E-state index in [0.717, 1.165) is 17.4 Å². The molecule has 0 saturated carbocycles. The number of aldehydes is 1. The number of rotatable bonds is 2. The van der Waals surface area contributed by atoms with Gasteiger partial charge < -0.3 is 0 Å². The van der Waals surface area contributed by atoms with Crippen LogP contribution in [0.2, 0.25) is 0 Å². The fourth-order valence-electron chi connectivity index (χ4n) is 4.25. The van der Waals surface area contributed by atoms with Crippen LogP contribution in [0, 0.1) is 5.92 Å². The van der Waals surface area contributed by atoms with Crippen molar-refractivity contribution < 1.29 is 9.59 Å². The maximum Gasteiger partial charge on any atom is 0.150 e. The molecule has 1 aromatic carbocycles. The highest BCUT2D eigenvalue weighted by molar-refractivity contribution is 6.01. The van der Waals surface area contributed by atoms with Gasteiger partial charge in [-0.15, -0.1) is 0 Å². The summed E-state index contributed by atoms with van der Waals surface area (Å²) in [4.78, 5) is 22.5. The van der Waals surface area contributed by atoms with Crippen molar-refractivity contribution in [3.05, 3.63) is 58.2 Å². The zero-order valence-corrected chi connectivity index (χ0v) is 15.1. The standard InChI is InChI=1S/C22H24O2/c1-14-21(2,3)19-9-8-16(11-20(19)22(14,4)5)18-10-15(12-23)6-7-17(18)13-24/h7-11,13-14H,6H2,1-5H3. The molecule has 0 fully saturated rings. The largest absolute Gasteiger partial charge is 0.298 e. The number of carbonyl (C=O) groups is 1. The minimum absolute atomic E-state index is 0.0679. The van der Waals surface area contributed by atoms with E-state index in [1.54, 1.807) is 6.08 Å². The predicted octanol–water partition coefficient (Wildman–Crippen LogP) is 4.56. The van der Waals surface area contributed by atoms with E-state index >= 15 is 0 Å². The molecule has 0 amide bonds. The molecule has 0 saturated heterocycles. The van der Waals surface area contributed by atoms with E-state index in [1.807, 2.05) is 12.0 Å². The Morgan fingerprint density at radius 3 is 2.42 bits per heavy atom. The highest BCUT2D eigenvalue weighted by atomic mass is 16.1. The molecule has 2 aliphatic carbocycles. The Labute approximate surface area is 144 Å². The van der Waals surface area contributed by atoms with Gasteiger partial charge >= 0.3 is 0 Å². The van der Waals surface area contributed by atoms with Gasteiger partial charge in [0.1, 0.15) is 12.2 Å². The molecule has 1 unspecified atom stereocenters. The average molecular weight is 320 g/mol. The number of hydrogen-bond donors (Lipinski definition) is 0. The van der Waals surface area contributed by atoms with Crippen LogP contribution in [0.25, 0.3) is 5.57 Å². The van der Waals surface area contributed by atoms with Gasteiger partial charge in [-0.2, -0.15) is 0 Å². The van der Waals surface area contributed by atoms with E-state index in [-0.39, 0.29) is 10.8 Å². The summed E-state index contributed by atoms with van der Waals surface area (Å²) in [5.41, 5.74) is 5.96. The summed E-state index contributed by atoms with van der Waals surface area (Å²) >= 11 is 0. The quantitative estimate of drug-likeness (QED) is 0.591. The third-order valence-corrected chi connectivity index (χ3v) is 6.31. The van der Waals surface area contributed by atoms with Crippen LogP contribution < -0.4 is 0 Å². The Morgan fingerprint density at radius 1 is 1.12 bits per heavy atom. The molecule has 2 heteroatoms.